The second kappa shape index (κ2) is 6.57. The van der Waals surface area contributed by atoms with Gasteiger partial charge in [0.15, 0.2) is 0 Å². The zero-order valence-corrected chi connectivity index (χ0v) is 12.4. The molecule has 0 saturated heterocycles. The van der Waals surface area contributed by atoms with E-state index in [1.165, 1.54) is 0 Å². The molecule has 0 bridgehead atoms. The van der Waals surface area contributed by atoms with Gasteiger partial charge in [-0.15, -0.1) is 0 Å². The lowest BCUT2D eigenvalue weighted by molar-refractivity contribution is -0.0505. The van der Waals surface area contributed by atoms with Crippen LogP contribution in [0.5, 0.6) is 5.75 Å². The fourth-order valence-electron chi connectivity index (χ4n) is 2.24. The molecular formula is C17H19F2NO. The summed E-state index contributed by atoms with van der Waals surface area (Å²) in [6.07, 6.45) is 0. The molecule has 0 aliphatic carbocycles. The van der Waals surface area contributed by atoms with Crippen LogP contribution in [0.25, 0.3) is 0 Å². The summed E-state index contributed by atoms with van der Waals surface area (Å²) in [6, 6.07) is 12.8. The fourth-order valence-corrected chi connectivity index (χ4v) is 2.24. The summed E-state index contributed by atoms with van der Waals surface area (Å²) >= 11 is 0. The van der Waals surface area contributed by atoms with Gasteiger partial charge in [0.25, 0.3) is 0 Å². The number of benzene rings is 2. The minimum atomic E-state index is -2.82. The van der Waals surface area contributed by atoms with E-state index in [0.717, 1.165) is 16.8 Å². The molecule has 1 atom stereocenters. The molecule has 112 valence electrons. The van der Waals surface area contributed by atoms with Gasteiger partial charge in [0.05, 0.1) is 6.04 Å². The number of ether oxygens (including phenoxy) is 1. The van der Waals surface area contributed by atoms with Gasteiger partial charge >= 0.3 is 6.61 Å². The zero-order chi connectivity index (χ0) is 15.4. The second-order valence-corrected chi connectivity index (χ2v) is 5.10. The number of halogens is 2. The molecule has 0 spiro atoms. The topological polar surface area (TPSA) is 21.3 Å². The summed E-state index contributed by atoms with van der Waals surface area (Å²) in [7, 11) is 0. The standard InChI is InChI=1S/C17H19F2NO/c1-11-8-9-12(2)15(10-11)20-13(3)14-6-4-5-7-16(14)21-17(18)19/h4-10,13,17,20H,1-3H3. The van der Waals surface area contributed by atoms with Crippen LogP contribution in [-0.4, -0.2) is 6.61 Å². The maximum absolute atomic E-state index is 12.5. The molecule has 0 heterocycles. The van der Waals surface area contributed by atoms with E-state index < -0.39 is 6.61 Å². The van der Waals surface area contributed by atoms with Gasteiger partial charge in [-0.1, -0.05) is 30.3 Å². The Hall–Kier alpha value is -2.10. The Bertz CT molecular complexity index is 613. The van der Waals surface area contributed by atoms with Gasteiger partial charge < -0.3 is 10.1 Å². The smallest absolute Gasteiger partial charge is 0.387 e. The Labute approximate surface area is 123 Å². The maximum atomic E-state index is 12.5. The van der Waals surface area contributed by atoms with Crippen molar-refractivity contribution in [1.29, 1.82) is 0 Å². The number of rotatable bonds is 5. The largest absolute Gasteiger partial charge is 0.434 e. The number of alkyl halides is 2. The van der Waals surface area contributed by atoms with Crippen molar-refractivity contribution in [3.8, 4) is 5.75 Å². The van der Waals surface area contributed by atoms with Crippen LogP contribution in [0.15, 0.2) is 42.5 Å². The van der Waals surface area contributed by atoms with E-state index in [-0.39, 0.29) is 11.8 Å². The molecule has 1 N–H and O–H groups in total. The number of para-hydroxylation sites is 1. The van der Waals surface area contributed by atoms with E-state index >= 15 is 0 Å². The molecule has 0 fully saturated rings. The molecule has 21 heavy (non-hydrogen) atoms. The van der Waals surface area contributed by atoms with E-state index in [2.05, 4.69) is 10.1 Å². The van der Waals surface area contributed by atoms with Gasteiger partial charge in [-0.2, -0.15) is 8.78 Å². The Balaban J connectivity index is 2.24. The number of hydrogen-bond acceptors (Lipinski definition) is 2. The summed E-state index contributed by atoms with van der Waals surface area (Å²) in [4.78, 5) is 0. The lowest BCUT2D eigenvalue weighted by atomic mass is 10.1. The third kappa shape index (κ3) is 3.94. The highest BCUT2D eigenvalue weighted by Crippen LogP contribution is 2.30. The van der Waals surface area contributed by atoms with Crippen LogP contribution in [0.2, 0.25) is 0 Å². The first-order valence-corrected chi connectivity index (χ1v) is 6.85. The Morgan fingerprint density at radius 3 is 2.48 bits per heavy atom. The van der Waals surface area contributed by atoms with Crippen molar-refractivity contribution in [2.45, 2.75) is 33.4 Å². The molecule has 0 aromatic heterocycles. The highest BCUT2D eigenvalue weighted by atomic mass is 19.3. The Morgan fingerprint density at radius 2 is 1.76 bits per heavy atom. The minimum absolute atomic E-state index is 0.138. The third-order valence-corrected chi connectivity index (χ3v) is 3.37. The summed E-state index contributed by atoms with van der Waals surface area (Å²) in [5, 5.41) is 3.36. The first-order chi connectivity index (χ1) is 9.97. The molecular weight excluding hydrogens is 272 g/mol. The lowest BCUT2D eigenvalue weighted by Crippen LogP contribution is -2.11. The third-order valence-electron chi connectivity index (χ3n) is 3.37. The van der Waals surface area contributed by atoms with Crippen LogP contribution in [0.3, 0.4) is 0 Å². The van der Waals surface area contributed by atoms with Crippen molar-refractivity contribution in [2.24, 2.45) is 0 Å². The molecule has 0 aliphatic heterocycles. The molecule has 0 aliphatic rings. The number of nitrogens with one attached hydrogen (secondary N) is 1. The SMILES string of the molecule is Cc1ccc(C)c(NC(C)c2ccccc2OC(F)F)c1. The monoisotopic (exact) mass is 291 g/mol. The Morgan fingerprint density at radius 1 is 1.05 bits per heavy atom. The lowest BCUT2D eigenvalue weighted by Gasteiger charge is -2.20. The van der Waals surface area contributed by atoms with Crippen molar-refractivity contribution >= 4 is 5.69 Å². The van der Waals surface area contributed by atoms with Gasteiger partial charge in [0.2, 0.25) is 0 Å². The van der Waals surface area contributed by atoms with Crippen LogP contribution in [0.1, 0.15) is 29.7 Å². The molecule has 1 unspecified atom stereocenters. The molecule has 2 nitrogen and oxygen atoms in total. The van der Waals surface area contributed by atoms with E-state index in [9.17, 15) is 8.78 Å². The van der Waals surface area contributed by atoms with Gasteiger partial charge in [-0.05, 0) is 44.0 Å². The predicted molar refractivity (Wildman–Crippen MR) is 81.0 cm³/mol. The number of anilines is 1. The predicted octanol–water partition coefficient (Wildman–Crippen LogP) is 5.08. The van der Waals surface area contributed by atoms with Crippen molar-refractivity contribution in [2.75, 3.05) is 5.32 Å². The second-order valence-electron chi connectivity index (χ2n) is 5.10. The van der Waals surface area contributed by atoms with Crippen LogP contribution in [0.4, 0.5) is 14.5 Å². The Kier molecular flexibility index (Phi) is 4.78. The van der Waals surface area contributed by atoms with E-state index in [4.69, 9.17) is 0 Å². The van der Waals surface area contributed by atoms with Crippen LogP contribution in [0, 0.1) is 13.8 Å². The van der Waals surface area contributed by atoms with Crippen molar-refractivity contribution in [3.63, 3.8) is 0 Å². The van der Waals surface area contributed by atoms with Gasteiger partial charge in [-0.3, -0.25) is 0 Å². The summed E-state index contributed by atoms with van der Waals surface area (Å²) in [5.74, 6) is 0.206. The van der Waals surface area contributed by atoms with Crippen molar-refractivity contribution < 1.29 is 13.5 Å². The fraction of sp³-hybridized carbons (Fsp3) is 0.294. The van der Waals surface area contributed by atoms with Crippen LogP contribution >= 0.6 is 0 Å². The van der Waals surface area contributed by atoms with Gasteiger partial charge in [-0.25, -0.2) is 0 Å². The number of aryl methyl sites for hydroxylation is 2. The molecule has 0 saturated carbocycles. The molecule has 2 rings (SSSR count). The van der Waals surface area contributed by atoms with Crippen molar-refractivity contribution in [3.05, 3.63) is 59.2 Å². The quantitative estimate of drug-likeness (QED) is 0.829. The summed E-state index contributed by atoms with van der Waals surface area (Å²) in [6.45, 7) is 3.13. The van der Waals surface area contributed by atoms with Gasteiger partial charge in [0.1, 0.15) is 5.75 Å². The summed E-state index contributed by atoms with van der Waals surface area (Å²) < 4.78 is 29.5. The first-order valence-electron chi connectivity index (χ1n) is 6.85. The average molecular weight is 291 g/mol. The average Bonchev–Trinajstić information content (AvgIpc) is 2.42. The maximum Gasteiger partial charge on any atom is 0.387 e. The van der Waals surface area contributed by atoms with E-state index in [0.29, 0.717) is 5.56 Å². The van der Waals surface area contributed by atoms with Crippen molar-refractivity contribution in [1.82, 2.24) is 0 Å². The highest BCUT2D eigenvalue weighted by molar-refractivity contribution is 5.54. The highest BCUT2D eigenvalue weighted by Gasteiger charge is 2.15. The van der Waals surface area contributed by atoms with Gasteiger partial charge in [0, 0.05) is 11.3 Å². The molecule has 2 aromatic carbocycles. The summed E-state index contributed by atoms with van der Waals surface area (Å²) in [5.41, 5.74) is 3.96. The van der Waals surface area contributed by atoms with E-state index in [1.807, 2.05) is 45.0 Å². The zero-order valence-electron chi connectivity index (χ0n) is 12.4. The normalized spacial score (nSPS) is 12.3. The first kappa shape index (κ1) is 15.3. The minimum Gasteiger partial charge on any atom is -0.434 e. The number of hydrogen-bond donors (Lipinski definition) is 1. The molecule has 4 heteroatoms. The molecule has 0 amide bonds. The molecule has 2 aromatic rings. The van der Waals surface area contributed by atoms with E-state index in [1.54, 1.807) is 18.2 Å². The molecule has 0 radical (unpaired) electrons. The van der Waals surface area contributed by atoms with Crippen LogP contribution < -0.4 is 10.1 Å². The van der Waals surface area contributed by atoms with Crippen LogP contribution in [-0.2, 0) is 0 Å².